The first-order valence-electron chi connectivity index (χ1n) is 19.8. The van der Waals surface area contributed by atoms with E-state index in [0.29, 0.717) is 17.8 Å². The molecule has 1 heterocycles. The number of hydrogen-bond acceptors (Lipinski definition) is 1. The normalized spacial score (nSPS) is 20.8. The second-order valence-corrected chi connectivity index (χ2v) is 16.3. The molecule has 0 aliphatic heterocycles. The van der Waals surface area contributed by atoms with E-state index in [4.69, 9.17) is 0 Å². The lowest BCUT2D eigenvalue weighted by Crippen LogP contribution is -2.36. The Hall–Kier alpha value is -6.12. The van der Waals surface area contributed by atoms with E-state index in [9.17, 15) is 0 Å². The molecule has 0 saturated carbocycles. The predicted octanol–water partition coefficient (Wildman–Crippen LogP) is 13.8. The number of aromatic nitrogens is 1. The van der Waals surface area contributed by atoms with Gasteiger partial charge in [0, 0.05) is 39.2 Å². The maximum atomic E-state index is 2.60. The number of benzene rings is 6. The number of para-hydroxylation sites is 2. The molecule has 10 rings (SSSR count). The molecule has 2 nitrogen and oxygen atoms in total. The molecule has 268 valence electrons. The number of rotatable bonds is 6. The first-order valence-corrected chi connectivity index (χ1v) is 19.8. The Bertz CT molecular complexity index is 2720. The van der Waals surface area contributed by atoms with Gasteiger partial charge in [-0.2, -0.15) is 0 Å². The van der Waals surface area contributed by atoms with Crippen molar-refractivity contribution in [2.45, 2.75) is 39.2 Å². The van der Waals surface area contributed by atoms with Crippen LogP contribution in [0.15, 0.2) is 188 Å². The standard InChI is InChI=1S/C53H46N2/c1-35-14-8-9-17-43(35)39-23-22-36(2)52(33-39)54(42-29-30-45-44-18-10-12-20-48(44)53(3,4)49(45)34-42)41-27-24-37(25-28-41)38-26-31-51-47(32-38)46-19-11-13-21-50(46)55(51)40-15-6-5-7-16-40/h5-36,43,52H,1-4H3. The summed E-state index contributed by atoms with van der Waals surface area (Å²) in [4.78, 5) is 2.60. The Morgan fingerprint density at radius 1 is 0.545 bits per heavy atom. The molecule has 3 aliphatic carbocycles. The first kappa shape index (κ1) is 33.4. The maximum absolute atomic E-state index is 2.60. The van der Waals surface area contributed by atoms with E-state index in [1.165, 1.54) is 77.8 Å². The van der Waals surface area contributed by atoms with E-state index in [1.807, 2.05) is 0 Å². The van der Waals surface area contributed by atoms with Gasteiger partial charge in [-0.15, -0.1) is 0 Å². The van der Waals surface area contributed by atoms with E-state index in [2.05, 4.69) is 219 Å². The molecular formula is C53H46N2. The van der Waals surface area contributed by atoms with Gasteiger partial charge in [0.1, 0.15) is 0 Å². The molecule has 0 amide bonds. The van der Waals surface area contributed by atoms with Gasteiger partial charge in [-0.3, -0.25) is 0 Å². The minimum absolute atomic E-state index is 0.0759. The van der Waals surface area contributed by atoms with Gasteiger partial charge >= 0.3 is 0 Å². The van der Waals surface area contributed by atoms with Crippen molar-refractivity contribution in [3.63, 3.8) is 0 Å². The molecule has 2 heteroatoms. The number of hydrogen-bond donors (Lipinski definition) is 0. The van der Waals surface area contributed by atoms with Gasteiger partial charge in [0.05, 0.1) is 17.1 Å². The molecule has 0 fully saturated rings. The number of fused-ring (bicyclic) bond motifs is 6. The summed E-state index contributed by atoms with van der Waals surface area (Å²) in [5.41, 5.74) is 15.3. The quantitative estimate of drug-likeness (QED) is 0.167. The third-order valence-electron chi connectivity index (χ3n) is 12.6. The second-order valence-electron chi connectivity index (χ2n) is 16.3. The van der Waals surface area contributed by atoms with Gasteiger partial charge in [-0.05, 0) is 105 Å². The van der Waals surface area contributed by atoms with Crippen molar-refractivity contribution in [2.24, 2.45) is 17.8 Å². The van der Waals surface area contributed by atoms with Crippen LogP contribution < -0.4 is 4.90 Å². The molecule has 4 unspecified atom stereocenters. The third-order valence-corrected chi connectivity index (χ3v) is 12.6. The lowest BCUT2D eigenvalue weighted by molar-refractivity contribution is 0.553. The highest BCUT2D eigenvalue weighted by Gasteiger charge is 2.37. The SMILES string of the molecule is CC1C=CC=CC1C1=CC(N(c2ccc(-c3ccc4c(c3)c3ccccc3n4-c3ccccc3)cc2)c2ccc3c(c2)C(C)(C)c2ccccc2-3)C(C)C=C1. The molecule has 7 aromatic rings. The molecule has 4 atom stereocenters. The lowest BCUT2D eigenvalue weighted by atomic mass is 9.79. The van der Waals surface area contributed by atoms with Gasteiger partial charge in [0.2, 0.25) is 0 Å². The van der Waals surface area contributed by atoms with Crippen LogP contribution in [0.25, 0.3) is 49.7 Å². The third kappa shape index (κ3) is 5.46. The summed E-state index contributed by atoms with van der Waals surface area (Å²) in [6, 6.07) is 52.0. The van der Waals surface area contributed by atoms with Crippen molar-refractivity contribution < 1.29 is 0 Å². The van der Waals surface area contributed by atoms with Crippen molar-refractivity contribution >= 4 is 33.2 Å². The highest BCUT2D eigenvalue weighted by molar-refractivity contribution is 6.10. The summed E-state index contributed by atoms with van der Waals surface area (Å²) in [5, 5.41) is 2.54. The Labute approximate surface area is 325 Å². The highest BCUT2D eigenvalue weighted by atomic mass is 15.2. The fourth-order valence-corrected chi connectivity index (χ4v) is 9.60. The van der Waals surface area contributed by atoms with Crippen LogP contribution in [0, 0.1) is 17.8 Å². The number of anilines is 2. The number of allylic oxidation sites excluding steroid dienone is 6. The van der Waals surface area contributed by atoms with Gasteiger partial charge in [-0.1, -0.05) is 155 Å². The molecule has 55 heavy (non-hydrogen) atoms. The minimum atomic E-state index is -0.0759. The maximum Gasteiger partial charge on any atom is 0.0588 e. The van der Waals surface area contributed by atoms with Crippen LogP contribution in [0.5, 0.6) is 0 Å². The topological polar surface area (TPSA) is 8.17 Å². The fraction of sp³-hybridized carbons (Fsp3) is 0.170. The molecule has 1 aromatic heterocycles. The summed E-state index contributed by atoms with van der Waals surface area (Å²) in [6.07, 6.45) is 16.4. The van der Waals surface area contributed by atoms with Crippen LogP contribution in [0.2, 0.25) is 0 Å². The van der Waals surface area contributed by atoms with Crippen molar-refractivity contribution in [1.29, 1.82) is 0 Å². The molecule has 0 saturated heterocycles. The Kier molecular flexibility index (Phi) is 7.92. The molecule has 0 spiro atoms. The highest BCUT2D eigenvalue weighted by Crippen LogP contribution is 2.50. The van der Waals surface area contributed by atoms with Crippen LogP contribution in [0.1, 0.15) is 38.8 Å². The first-order chi connectivity index (χ1) is 26.9. The lowest BCUT2D eigenvalue weighted by Gasteiger charge is -2.39. The van der Waals surface area contributed by atoms with E-state index in [-0.39, 0.29) is 11.5 Å². The van der Waals surface area contributed by atoms with Gasteiger partial charge in [0.15, 0.2) is 0 Å². The van der Waals surface area contributed by atoms with Crippen LogP contribution in [0.3, 0.4) is 0 Å². The van der Waals surface area contributed by atoms with Crippen molar-refractivity contribution in [3.05, 3.63) is 199 Å². The molecule has 0 N–H and O–H groups in total. The van der Waals surface area contributed by atoms with Crippen molar-refractivity contribution in [3.8, 4) is 27.9 Å². The number of nitrogens with zero attached hydrogens (tertiary/aromatic N) is 2. The van der Waals surface area contributed by atoms with Crippen LogP contribution in [-0.2, 0) is 5.41 Å². The Morgan fingerprint density at radius 2 is 1.24 bits per heavy atom. The zero-order valence-corrected chi connectivity index (χ0v) is 32.0. The zero-order chi connectivity index (χ0) is 37.3. The van der Waals surface area contributed by atoms with Crippen LogP contribution in [-0.4, -0.2) is 10.6 Å². The van der Waals surface area contributed by atoms with E-state index in [0.717, 1.165) is 0 Å². The average molecular weight is 711 g/mol. The summed E-state index contributed by atoms with van der Waals surface area (Å²) >= 11 is 0. The molecule has 0 bridgehead atoms. The second kappa shape index (κ2) is 13.0. The van der Waals surface area contributed by atoms with E-state index < -0.39 is 0 Å². The van der Waals surface area contributed by atoms with E-state index >= 15 is 0 Å². The molecule has 0 radical (unpaired) electrons. The minimum Gasteiger partial charge on any atom is -0.334 e. The Morgan fingerprint density at radius 3 is 2.07 bits per heavy atom. The van der Waals surface area contributed by atoms with Gasteiger partial charge < -0.3 is 9.47 Å². The summed E-state index contributed by atoms with van der Waals surface area (Å²) in [5.74, 6) is 1.15. The van der Waals surface area contributed by atoms with Crippen molar-refractivity contribution in [1.82, 2.24) is 4.57 Å². The summed E-state index contributed by atoms with van der Waals surface area (Å²) in [6.45, 7) is 9.45. The zero-order valence-electron chi connectivity index (χ0n) is 32.0. The van der Waals surface area contributed by atoms with Crippen molar-refractivity contribution in [2.75, 3.05) is 4.90 Å². The predicted molar refractivity (Wildman–Crippen MR) is 233 cm³/mol. The molecule has 3 aliphatic rings. The van der Waals surface area contributed by atoms with Crippen LogP contribution in [0.4, 0.5) is 11.4 Å². The van der Waals surface area contributed by atoms with Gasteiger partial charge in [-0.25, -0.2) is 0 Å². The fourth-order valence-electron chi connectivity index (χ4n) is 9.60. The largest absolute Gasteiger partial charge is 0.334 e. The average Bonchev–Trinajstić information content (AvgIpc) is 3.67. The smallest absolute Gasteiger partial charge is 0.0588 e. The van der Waals surface area contributed by atoms with Gasteiger partial charge in [0.25, 0.3) is 0 Å². The van der Waals surface area contributed by atoms with Crippen LogP contribution >= 0.6 is 0 Å². The Balaban J connectivity index is 1.08. The molecular weight excluding hydrogens is 665 g/mol. The molecule has 6 aromatic carbocycles. The summed E-state index contributed by atoms with van der Waals surface area (Å²) < 4.78 is 2.38. The van der Waals surface area contributed by atoms with E-state index in [1.54, 1.807) is 0 Å². The summed E-state index contributed by atoms with van der Waals surface area (Å²) in [7, 11) is 0. The monoisotopic (exact) mass is 710 g/mol.